The smallest absolute Gasteiger partial charge is 0.177 e. The summed E-state index contributed by atoms with van der Waals surface area (Å²) in [5.41, 5.74) is 0.326. The van der Waals surface area contributed by atoms with Crippen LogP contribution in [0.5, 0.6) is 0 Å². The molecular weight excluding hydrogens is 205 g/mol. The molecule has 0 spiro atoms. The standard InChI is InChI=1S/C9H8FNO2S/c1-14(12,13)8-4-2-3-6-7(10)5-11-9(6)8/h2-5,11H,1H3. The lowest BCUT2D eigenvalue weighted by Gasteiger charge is -1.99. The second-order valence-corrected chi connectivity index (χ2v) is 5.07. The van der Waals surface area contributed by atoms with Crippen LogP contribution >= 0.6 is 0 Å². The first-order valence-corrected chi connectivity index (χ1v) is 5.85. The maximum atomic E-state index is 13.1. The molecule has 5 heteroatoms. The fourth-order valence-electron chi connectivity index (χ4n) is 1.40. The predicted molar refractivity (Wildman–Crippen MR) is 51.4 cm³/mol. The molecule has 0 unspecified atom stereocenters. The lowest BCUT2D eigenvalue weighted by atomic mass is 10.2. The Morgan fingerprint density at radius 2 is 2.07 bits per heavy atom. The number of fused-ring (bicyclic) bond motifs is 1. The summed E-state index contributed by atoms with van der Waals surface area (Å²) in [6.07, 6.45) is 2.25. The fourth-order valence-corrected chi connectivity index (χ4v) is 2.27. The first kappa shape index (κ1) is 9.21. The summed E-state index contributed by atoms with van der Waals surface area (Å²) in [6.45, 7) is 0. The molecule has 0 atom stereocenters. The van der Waals surface area contributed by atoms with Crippen molar-refractivity contribution >= 4 is 20.7 Å². The van der Waals surface area contributed by atoms with Gasteiger partial charge in [-0.2, -0.15) is 0 Å². The normalized spacial score (nSPS) is 12.1. The zero-order valence-corrected chi connectivity index (χ0v) is 8.23. The Labute approximate surface area is 80.5 Å². The molecule has 1 aromatic heterocycles. The zero-order chi connectivity index (χ0) is 10.3. The van der Waals surface area contributed by atoms with E-state index < -0.39 is 15.7 Å². The highest BCUT2D eigenvalue weighted by atomic mass is 32.2. The molecule has 0 aliphatic heterocycles. The number of aromatic amines is 1. The third-order valence-electron chi connectivity index (χ3n) is 2.03. The number of sulfone groups is 1. The predicted octanol–water partition coefficient (Wildman–Crippen LogP) is 1.71. The van der Waals surface area contributed by atoms with Gasteiger partial charge in [-0.05, 0) is 12.1 Å². The van der Waals surface area contributed by atoms with Gasteiger partial charge in [-0.15, -0.1) is 0 Å². The Kier molecular flexibility index (Phi) is 1.85. The summed E-state index contributed by atoms with van der Waals surface area (Å²) in [5.74, 6) is -0.439. The molecule has 14 heavy (non-hydrogen) atoms. The van der Waals surface area contributed by atoms with Crippen LogP contribution in [0.3, 0.4) is 0 Å². The number of hydrogen-bond acceptors (Lipinski definition) is 2. The Hall–Kier alpha value is -1.36. The van der Waals surface area contributed by atoms with Crippen molar-refractivity contribution in [3.63, 3.8) is 0 Å². The van der Waals surface area contributed by atoms with Gasteiger partial charge in [0, 0.05) is 17.8 Å². The minimum absolute atomic E-state index is 0.124. The lowest BCUT2D eigenvalue weighted by Crippen LogP contribution is -1.97. The number of H-pyrrole nitrogens is 1. The van der Waals surface area contributed by atoms with Crippen LogP contribution in [-0.4, -0.2) is 19.7 Å². The summed E-state index contributed by atoms with van der Waals surface area (Å²) in [4.78, 5) is 2.73. The highest BCUT2D eigenvalue weighted by Gasteiger charge is 2.14. The van der Waals surface area contributed by atoms with Crippen molar-refractivity contribution in [1.82, 2.24) is 4.98 Å². The van der Waals surface area contributed by atoms with Gasteiger partial charge in [-0.1, -0.05) is 6.07 Å². The Morgan fingerprint density at radius 3 is 2.71 bits per heavy atom. The van der Waals surface area contributed by atoms with Crippen molar-refractivity contribution in [2.24, 2.45) is 0 Å². The molecular formula is C9H8FNO2S. The largest absolute Gasteiger partial charge is 0.357 e. The van der Waals surface area contributed by atoms with E-state index in [9.17, 15) is 12.8 Å². The highest BCUT2D eigenvalue weighted by molar-refractivity contribution is 7.91. The number of nitrogens with one attached hydrogen (secondary N) is 1. The van der Waals surface area contributed by atoms with Gasteiger partial charge in [0.05, 0.1) is 10.4 Å². The molecule has 0 saturated carbocycles. The average Bonchev–Trinajstić information content (AvgIpc) is 2.46. The van der Waals surface area contributed by atoms with E-state index in [0.717, 1.165) is 12.5 Å². The van der Waals surface area contributed by atoms with Crippen molar-refractivity contribution in [1.29, 1.82) is 0 Å². The molecule has 0 saturated heterocycles. The van der Waals surface area contributed by atoms with E-state index >= 15 is 0 Å². The molecule has 1 heterocycles. The van der Waals surface area contributed by atoms with Crippen molar-refractivity contribution in [2.75, 3.05) is 6.26 Å². The van der Waals surface area contributed by atoms with Crippen LogP contribution in [0.4, 0.5) is 4.39 Å². The minimum atomic E-state index is -3.31. The topological polar surface area (TPSA) is 49.9 Å². The molecule has 0 bridgehead atoms. The zero-order valence-electron chi connectivity index (χ0n) is 7.41. The highest BCUT2D eigenvalue weighted by Crippen LogP contribution is 2.23. The number of rotatable bonds is 1. The van der Waals surface area contributed by atoms with Gasteiger partial charge >= 0.3 is 0 Å². The Bertz CT molecular complexity index is 586. The van der Waals surface area contributed by atoms with Crippen molar-refractivity contribution in [3.05, 3.63) is 30.2 Å². The first-order valence-electron chi connectivity index (χ1n) is 3.96. The summed E-state index contributed by atoms with van der Waals surface area (Å²) in [5, 5.41) is 0.299. The van der Waals surface area contributed by atoms with Crippen LogP contribution in [0.1, 0.15) is 0 Å². The molecule has 2 aromatic rings. The van der Waals surface area contributed by atoms with Crippen molar-refractivity contribution in [2.45, 2.75) is 4.90 Å². The number of benzene rings is 1. The summed E-state index contributed by atoms with van der Waals surface area (Å²) < 4.78 is 35.7. The van der Waals surface area contributed by atoms with E-state index in [1.165, 1.54) is 18.2 Å². The maximum absolute atomic E-state index is 13.1. The maximum Gasteiger partial charge on any atom is 0.177 e. The lowest BCUT2D eigenvalue weighted by molar-refractivity contribution is 0.602. The van der Waals surface area contributed by atoms with Crippen LogP contribution in [0.2, 0.25) is 0 Å². The SMILES string of the molecule is CS(=O)(=O)c1cccc2c(F)c[nH]c12. The number of aromatic nitrogens is 1. The average molecular weight is 213 g/mol. The number of halogens is 1. The molecule has 1 aromatic carbocycles. The molecule has 0 aliphatic rings. The quantitative estimate of drug-likeness (QED) is 0.784. The van der Waals surface area contributed by atoms with Gasteiger partial charge < -0.3 is 4.98 Å². The fraction of sp³-hybridized carbons (Fsp3) is 0.111. The van der Waals surface area contributed by atoms with Crippen LogP contribution in [0, 0.1) is 5.82 Å². The number of hydrogen-bond donors (Lipinski definition) is 1. The monoisotopic (exact) mass is 213 g/mol. The molecule has 0 radical (unpaired) electrons. The first-order chi connectivity index (χ1) is 6.50. The van der Waals surface area contributed by atoms with E-state index in [-0.39, 0.29) is 4.90 Å². The van der Waals surface area contributed by atoms with Gasteiger partial charge in [0.25, 0.3) is 0 Å². The van der Waals surface area contributed by atoms with Crippen molar-refractivity contribution in [3.8, 4) is 0 Å². The van der Waals surface area contributed by atoms with E-state index in [2.05, 4.69) is 4.98 Å². The second-order valence-electron chi connectivity index (χ2n) is 3.09. The van der Waals surface area contributed by atoms with Gasteiger partial charge in [0.15, 0.2) is 9.84 Å². The van der Waals surface area contributed by atoms with Crippen LogP contribution < -0.4 is 0 Å². The Morgan fingerprint density at radius 1 is 1.36 bits per heavy atom. The van der Waals surface area contributed by atoms with Gasteiger partial charge in [-0.3, -0.25) is 0 Å². The molecule has 1 N–H and O–H groups in total. The number of para-hydroxylation sites is 1. The second kappa shape index (κ2) is 2.81. The van der Waals surface area contributed by atoms with Crippen LogP contribution in [0.25, 0.3) is 10.9 Å². The molecule has 0 aliphatic carbocycles. The van der Waals surface area contributed by atoms with E-state index in [0.29, 0.717) is 10.9 Å². The van der Waals surface area contributed by atoms with E-state index in [1.54, 1.807) is 0 Å². The third kappa shape index (κ3) is 1.29. The molecule has 3 nitrogen and oxygen atoms in total. The van der Waals surface area contributed by atoms with Crippen molar-refractivity contribution < 1.29 is 12.8 Å². The summed E-state index contributed by atoms with van der Waals surface area (Å²) in [6, 6.07) is 4.51. The molecule has 0 amide bonds. The molecule has 74 valence electrons. The molecule has 0 fully saturated rings. The van der Waals surface area contributed by atoms with Gasteiger partial charge in [0.2, 0.25) is 0 Å². The minimum Gasteiger partial charge on any atom is -0.357 e. The molecule has 2 rings (SSSR count). The Balaban J connectivity index is 2.92. The van der Waals surface area contributed by atoms with Crippen LogP contribution in [-0.2, 0) is 9.84 Å². The third-order valence-corrected chi connectivity index (χ3v) is 3.17. The van der Waals surface area contributed by atoms with E-state index in [4.69, 9.17) is 0 Å². The van der Waals surface area contributed by atoms with E-state index in [1.807, 2.05) is 0 Å². The van der Waals surface area contributed by atoms with Gasteiger partial charge in [0.1, 0.15) is 5.82 Å². The summed E-state index contributed by atoms with van der Waals surface area (Å²) in [7, 11) is -3.31. The summed E-state index contributed by atoms with van der Waals surface area (Å²) >= 11 is 0. The van der Waals surface area contributed by atoms with Crippen LogP contribution in [0.15, 0.2) is 29.3 Å². The van der Waals surface area contributed by atoms with Gasteiger partial charge in [-0.25, -0.2) is 12.8 Å².